The predicted octanol–water partition coefficient (Wildman–Crippen LogP) is 3.18. The van der Waals surface area contributed by atoms with E-state index in [0.717, 1.165) is 16.7 Å². The molecule has 2 aromatic rings. The number of phenols is 1. The fourth-order valence-electron chi connectivity index (χ4n) is 4.89. The summed E-state index contributed by atoms with van der Waals surface area (Å²) in [5.74, 6) is 6.91. The van der Waals surface area contributed by atoms with E-state index in [1.165, 1.54) is 14.2 Å². The second kappa shape index (κ2) is 7.31. The van der Waals surface area contributed by atoms with Crippen LogP contribution in [0.15, 0.2) is 24.3 Å². The molecule has 31 heavy (non-hydrogen) atoms. The Bertz CT molecular complexity index is 1100. The highest BCUT2D eigenvalue weighted by Crippen LogP contribution is 2.54. The number of hydrogen-bond donors (Lipinski definition) is 1. The maximum Gasteiger partial charge on any atom is 0.384 e. The minimum atomic E-state index is -0.514. The molecule has 0 saturated carbocycles. The fraction of sp³-hybridized carbons (Fsp3) is 0.375. The Morgan fingerprint density at radius 2 is 1.65 bits per heavy atom. The van der Waals surface area contributed by atoms with Gasteiger partial charge in [0.05, 0.1) is 20.8 Å². The minimum Gasteiger partial charge on any atom is -0.502 e. The predicted molar refractivity (Wildman–Crippen MR) is 110 cm³/mol. The van der Waals surface area contributed by atoms with Gasteiger partial charge >= 0.3 is 5.97 Å². The van der Waals surface area contributed by atoms with Gasteiger partial charge < -0.3 is 28.8 Å². The molecule has 2 aromatic carbocycles. The van der Waals surface area contributed by atoms with Crippen molar-refractivity contribution >= 4 is 5.97 Å². The maximum absolute atomic E-state index is 11.9. The number of carbonyl (C=O) groups excluding carboxylic acids is 1. The van der Waals surface area contributed by atoms with Crippen molar-refractivity contribution in [2.75, 3.05) is 27.6 Å². The molecule has 0 spiro atoms. The van der Waals surface area contributed by atoms with Crippen molar-refractivity contribution in [2.24, 2.45) is 11.8 Å². The van der Waals surface area contributed by atoms with Crippen molar-refractivity contribution in [1.82, 2.24) is 0 Å². The zero-order valence-corrected chi connectivity index (χ0v) is 17.4. The normalized spacial score (nSPS) is 25.3. The van der Waals surface area contributed by atoms with E-state index >= 15 is 0 Å². The number of fused-ring (bicyclic) bond motifs is 3. The monoisotopic (exact) mass is 422 g/mol. The van der Waals surface area contributed by atoms with Crippen LogP contribution in [0.1, 0.15) is 35.4 Å². The van der Waals surface area contributed by atoms with Crippen LogP contribution in [-0.2, 0) is 9.53 Å². The second-order valence-electron chi connectivity index (χ2n) is 7.93. The maximum atomic E-state index is 11.9. The van der Waals surface area contributed by atoms with Crippen molar-refractivity contribution in [3.05, 3.63) is 41.0 Å². The molecule has 7 heteroatoms. The molecule has 4 atom stereocenters. The van der Waals surface area contributed by atoms with E-state index in [0.29, 0.717) is 23.0 Å². The zero-order valence-electron chi connectivity index (χ0n) is 17.4. The smallest absolute Gasteiger partial charge is 0.384 e. The van der Waals surface area contributed by atoms with Crippen LogP contribution < -0.4 is 18.9 Å². The lowest BCUT2D eigenvalue weighted by molar-refractivity contribution is -0.138. The van der Waals surface area contributed by atoms with Crippen molar-refractivity contribution in [3.63, 3.8) is 0 Å². The Hall–Kier alpha value is -3.53. The largest absolute Gasteiger partial charge is 0.502 e. The second-order valence-corrected chi connectivity index (χ2v) is 7.93. The molecule has 1 aliphatic carbocycles. The van der Waals surface area contributed by atoms with Crippen LogP contribution in [0.4, 0.5) is 0 Å². The number of benzene rings is 2. The molecule has 0 bridgehead atoms. The summed E-state index contributed by atoms with van der Waals surface area (Å²) in [4.78, 5) is 11.9. The van der Waals surface area contributed by atoms with Crippen molar-refractivity contribution in [2.45, 2.75) is 18.8 Å². The van der Waals surface area contributed by atoms with Crippen LogP contribution in [0, 0.1) is 23.7 Å². The van der Waals surface area contributed by atoms with E-state index in [1.54, 1.807) is 12.1 Å². The quantitative estimate of drug-likeness (QED) is 0.462. The summed E-state index contributed by atoms with van der Waals surface area (Å²) < 4.78 is 27.4. The van der Waals surface area contributed by atoms with Gasteiger partial charge in [0.15, 0.2) is 23.0 Å². The Labute approximate surface area is 179 Å². The molecule has 2 aliphatic heterocycles. The first kappa shape index (κ1) is 19.4. The molecule has 0 unspecified atom stereocenters. The van der Waals surface area contributed by atoms with Crippen molar-refractivity contribution in [3.8, 4) is 40.6 Å². The molecule has 0 aromatic heterocycles. The highest BCUT2D eigenvalue weighted by molar-refractivity contribution is 5.88. The summed E-state index contributed by atoms with van der Waals surface area (Å²) in [7, 11) is 2.99. The zero-order chi connectivity index (χ0) is 21.7. The highest BCUT2D eigenvalue weighted by atomic mass is 16.7. The van der Waals surface area contributed by atoms with Gasteiger partial charge in [0.1, 0.15) is 0 Å². The average molecular weight is 422 g/mol. The summed E-state index contributed by atoms with van der Waals surface area (Å²) in [6.45, 7) is 2.57. The number of rotatable bonds is 3. The SMILES string of the molecule is COc1cc([C@@H]2c3cc4c(cc3[C@@H](C)[C@H]3COC(=O)C#C[C@H]23)OCO4)cc(OC)c1O. The van der Waals surface area contributed by atoms with Crippen LogP contribution in [-0.4, -0.2) is 38.7 Å². The number of ether oxygens (including phenoxy) is 5. The van der Waals surface area contributed by atoms with Crippen molar-refractivity contribution in [1.29, 1.82) is 0 Å². The summed E-state index contributed by atoms with van der Waals surface area (Å²) in [5, 5.41) is 10.4. The minimum absolute atomic E-state index is 0.0115. The van der Waals surface area contributed by atoms with Crippen LogP contribution >= 0.6 is 0 Å². The van der Waals surface area contributed by atoms with Gasteiger partial charge in [0.25, 0.3) is 0 Å². The lowest BCUT2D eigenvalue weighted by Gasteiger charge is -2.40. The lowest BCUT2D eigenvalue weighted by atomic mass is 9.62. The third-order valence-corrected chi connectivity index (χ3v) is 6.48. The van der Waals surface area contributed by atoms with Crippen LogP contribution in [0.2, 0.25) is 0 Å². The van der Waals surface area contributed by atoms with Gasteiger partial charge in [-0.15, -0.1) is 0 Å². The number of aromatic hydroxyl groups is 1. The molecule has 0 radical (unpaired) electrons. The van der Waals surface area contributed by atoms with E-state index in [9.17, 15) is 9.90 Å². The number of methoxy groups -OCH3 is 2. The molecule has 1 N–H and O–H groups in total. The molecule has 2 heterocycles. The molecule has 0 saturated heterocycles. The number of carbonyl (C=O) groups is 1. The summed E-state index contributed by atoms with van der Waals surface area (Å²) >= 11 is 0. The van der Waals surface area contributed by atoms with Gasteiger partial charge in [-0.05, 0) is 46.9 Å². The third-order valence-electron chi connectivity index (χ3n) is 6.48. The molecular weight excluding hydrogens is 400 g/mol. The fourth-order valence-corrected chi connectivity index (χ4v) is 4.89. The molecule has 0 amide bonds. The van der Waals surface area contributed by atoms with Gasteiger partial charge in [-0.3, -0.25) is 0 Å². The number of esters is 1. The topological polar surface area (TPSA) is 83.5 Å². The molecule has 0 fully saturated rings. The standard InChI is InChI=1S/C24H22O7/c1-12-15-8-18-19(31-11-30-18)9-16(15)23(14-4-5-22(25)29-10-17(12)14)13-6-20(27-2)24(26)21(7-13)28-3/h6-9,12,14,17,23,26H,10-11H2,1-3H3/t12-,14+,17-,23+/m1/s1. The molecular formula is C24H22O7. The van der Waals surface area contributed by atoms with Crippen LogP contribution in [0.5, 0.6) is 28.7 Å². The Balaban J connectivity index is 1.76. The highest BCUT2D eigenvalue weighted by Gasteiger charge is 2.44. The Kier molecular flexibility index (Phi) is 4.58. The number of hydrogen-bond acceptors (Lipinski definition) is 7. The first-order valence-electron chi connectivity index (χ1n) is 10.1. The van der Waals surface area contributed by atoms with Gasteiger partial charge in [0.2, 0.25) is 12.5 Å². The third kappa shape index (κ3) is 3.02. The van der Waals surface area contributed by atoms with E-state index in [2.05, 4.69) is 18.8 Å². The first-order chi connectivity index (χ1) is 15.0. The van der Waals surface area contributed by atoms with Gasteiger partial charge in [-0.2, -0.15) is 0 Å². The number of phenolic OH excluding ortho intramolecular Hbond substituents is 1. The summed E-state index contributed by atoms with van der Waals surface area (Å²) in [6.07, 6.45) is 0. The first-order valence-corrected chi connectivity index (χ1v) is 10.1. The Morgan fingerprint density at radius 3 is 2.29 bits per heavy atom. The lowest BCUT2D eigenvalue weighted by Crippen LogP contribution is -2.34. The van der Waals surface area contributed by atoms with Gasteiger partial charge in [-0.1, -0.05) is 12.8 Å². The molecule has 7 nitrogen and oxygen atoms in total. The van der Waals surface area contributed by atoms with E-state index in [4.69, 9.17) is 23.7 Å². The van der Waals surface area contributed by atoms with E-state index in [-0.39, 0.29) is 42.8 Å². The average Bonchev–Trinajstić information content (AvgIpc) is 3.15. The van der Waals surface area contributed by atoms with Crippen molar-refractivity contribution < 1.29 is 33.6 Å². The van der Waals surface area contributed by atoms with Crippen LogP contribution in [0.3, 0.4) is 0 Å². The Morgan fingerprint density at radius 1 is 1.00 bits per heavy atom. The number of cyclic esters (lactones) is 1. The van der Waals surface area contributed by atoms with Crippen LogP contribution in [0.25, 0.3) is 0 Å². The molecule has 3 aliphatic rings. The summed E-state index contributed by atoms with van der Waals surface area (Å²) in [5.41, 5.74) is 3.00. The van der Waals surface area contributed by atoms with E-state index in [1.807, 2.05) is 12.1 Å². The molecule has 5 rings (SSSR count). The molecule has 160 valence electrons. The van der Waals surface area contributed by atoms with E-state index < -0.39 is 5.97 Å². The van der Waals surface area contributed by atoms with Gasteiger partial charge in [-0.25, -0.2) is 4.79 Å². The van der Waals surface area contributed by atoms with Gasteiger partial charge in [0, 0.05) is 23.7 Å². The summed E-state index contributed by atoms with van der Waals surface area (Å²) in [6, 6.07) is 7.59.